The van der Waals surface area contributed by atoms with Crippen molar-refractivity contribution in [1.82, 2.24) is 20.9 Å². The molecular formula is C52H68N4O6. The van der Waals surface area contributed by atoms with Gasteiger partial charge in [0.1, 0.15) is 0 Å². The van der Waals surface area contributed by atoms with Crippen LogP contribution in [0.1, 0.15) is 153 Å². The first-order chi connectivity index (χ1) is 29.6. The summed E-state index contributed by atoms with van der Waals surface area (Å²) in [4.78, 5) is 56.8. The molecule has 5 aliphatic rings. The number of benzene rings is 2. The molecule has 5 aliphatic carbocycles. The Morgan fingerprint density at radius 2 is 1.47 bits per heavy atom. The zero-order valence-electron chi connectivity index (χ0n) is 37.8. The first-order valence-corrected chi connectivity index (χ1v) is 23.3. The smallest absolute Gasteiger partial charge is 0.339 e. The van der Waals surface area contributed by atoms with Crippen LogP contribution in [-0.2, 0) is 29.0 Å². The van der Waals surface area contributed by atoms with Crippen molar-refractivity contribution >= 4 is 23.7 Å². The average molecular weight is 845 g/mol. The Morgan fingerprint density at radius 1 is 0.710 bits per heavy atom. The van der Waals surface area contributed by atoms with Gasteiger partial charge in [-0.1, -0.05) is 65.3 Å². The molecule has 4 N–H and O–H groups in total. The van der Waals surface area contributed by atoms with Crippen LogP contribution >= 0.6 is 0 Å². The molecule has 1 aromatic heterocycles. The van der Waals surface area contributed by atoms with Crippen LogP contribution in [0.3, 0.4) is 0 Å². The van der Waals surface area contributed by atoms with Crippen molar-refractivity contribution in [1.29, 1.82) is 0 Å². The van der Waals surface area contributed by atoms with Gasteiger partial charge in [-0.25, -0.2) is 4.79 Å². The van der Waals surface area contributed by atoms with E-state index >= 15 is 0 Å². The minimum atomic E-state index is -0.515. The van der Waals surface area contributed by atoms with Crippen LogP contribution in [-0.4, -0.2) is 53.5 Å². The fourth-order valence-corrected chi connectivity index (χ4v) is 14.5. The molecule has 0 aliphatic heterocycles. The van der Waals surface area contributed by atoms with Crippen molar-refractivity contribution in [2.45, 2.75) is 131 Å². The van der Waals surface area contributed by atoms with Crippen LogP contribution in [0.15, 0.2) is 66.9 Å². The van der Waals surface area contributed by atoms with Crippen LogP contribution in [0.5, 0.6) is 0 Å². The number of rotatable bonds is 11. The topological polar surface area (TPSA) is 147 Å². The van der Waals surface area contributed by atoms with E-state index in [9.17, 15) is 24.3 Å². The molecule has 10 nitrogen and oxygen atoms in total. The third-order valence-electron chi connectivity index (χ3n) is 18.1. The van der Waals surface area contributed by atoms with Crippen LogP contribution in [0, 0.1) is 50.7 Å². The standard InChI is InChI=1S/C52H68N4O6/c1-48(2)41-20-25-51(5)42(49(41,3)24-21-43(48)57)19-18-38-39-13-8-23-52(39,27-26-50(38,51)4)47(61)54-29-22-33-10-7-11-36(30-33)45(59)55-31-34-14-16-35(17-15-34)44(58)56-32-40-37(46(60)62-6)12-9-28-53-40/h7,9-12,14-17,28,30,38-39,41-43,57H,8,13,18-27,29,31-32H2,1-6H3,(H,54,61)(H,55,59)(H,56,58)/t38?,39?,41?,42?,43?,49?,50-,51?,52?/m1/s1. The fourth-order valence-electron chi connectivity index (χ4n) is 14.5. The van der Waals surface area contributed by atoms with Crippen molar-refractivity contribution in [2.24, 2.45) is 50.7 Å². The van der Waals surface area contributed by atoms with Gasteiger partial charge in [-0.05, 0) is 163 Å². The number of fused-ring (bicyclic) bond motifs is 7. The highest BCUT2D eigenvalue weighted by Crippen LogP contribution is 2.76. The van der Waals surface area contributed by atoms with E-state index in [1.54, 1.807) is 48.7 Å². The van der Waals surface area contributed by atoms with E-state index < -0.39 is 5.97 Å². The molecule has 0 radical (unpaired) electrons. The van der Waals surface area contributed by atoms with Crippen LogP contribution in [0.25, 0.3) is 0 Å². The van der Waals surface area contributed by atoms with Crippen LogP contribution in [0.4, 0.5) is 0 Å². The summed E-state index contributed by atoms with van der Waals surface area (Å²) in [6.07, 6.45) is 14.3. The monoisotopic (exact) mass is 845 g/mol. The lowest BCUT2D eigenvalue weighted by Crippen LogP contribution is -2.67. The number of carbonyl (C=O) groups is 4. The summed E-state index contributed by atoms with van der Waals surface area (Å²) in [5.74, 6) is 1.42. The second kappa shape index (κ2) is 16.9. The van der Waals surface area contributed by atoms with E-state index in [4.69, 9.17) is 4.74 Å². The number of aliphatic hydroxyl groups is 1. The van der Waals surface area contributed by atoms with Gasteiger partial charge in [0, 0.05) is 30.4 Å². The summed E-state index contributed by atoms with van der Waals surface area (Å²) in [7, 11) is 1.30. The van der Waals surface area contributed by atoms with Gasteiger partial charge < -0.3 is 25.8 Å². The molecule has 0 spiro atoms. The summed E-state index contributed by atoms with van der Waals surface area (Å²) in [5.41, 5.74) is 3.94. The highest BCUT2D eigenvalue weighted by molar-refractivity contribution is 5.95. The van der Waals surface area contributed by atoms with E-state index in [0.717, 1.165) is 56.1 Å². The van der Waals surface area contributed by atoms with Gasteiger partial charge in [0.05, 0.1) is 36.4 Å². The first kappa shape index (κ1) is 44.1. The quantitative estimate of drug-likeness (QED) is 0.142. The third kappa shape index (κ3) is 7.45. The number of hydrogen-bond donors (Lipinski definition) is 4. The fraction of sp³-hybridized carbons (Fsp3) is 0.596. The Labute approximate surface area is 368 Å². The molecule has 0 bridgehead atoms. The van der Waals surface area contributed by atoms with Gasteiger partial charge in [-0.15, -0.1) is 0 Å². The highest BCUT2D eigenvalue weighted by atomic mass is 16.5. The summed E-state index contributed by atoms with van der Waals surface area (Å²) < 4.78 is 4.81. The number of hydrogen-bond acceptors (Lipinski definition) is 7. The maximum absolute atomic E-state index is 14.4. The Balaban J connectivity index is 0.838. The highest BCUT2D eigenvalue weighted by Gasteiger charge is 2.70. The summed E-state index contributed by atoms with van der Waals surface area (Å²) in [6.45, 7) is 13.4. The van der Waals surface area contributed by atoms with Gasteiger partial charge in [-0.3, -0.25) is 19.4 Å². The molecule has 0 saturated heterocycles. The van der Waals surface area contributed by atoms with E-state index in [1.807, 2.05) is 18.2 Å². The molecule has 3 amide bonds. The number of aliphatic hydroxyl groups excluding tert-OH is 1. The SMILES string of the molecule is COC(=O)c1cccnc1CNC(=O)c1ccc(CNC(=O)c2cccc(CCNC(=O)C34CCCC3C3CCC5C6(C)CCC(O)C(C)(C)C6CCC5(C)[C@]3(C)CC4)c2)cc1. The Bertz CT molecular complexity index is 2190. The van der Waals surface area contributed by atoms with Crippen molar-refractivity contribution in [2.75, 3.05) is 13.7 Å². The van der Waals surface area contributed by atoms with Crippen LogP contribution < -0.4 is 16.0 Å². The third-order valence-corrected chi connectivity index (χ3v) is 18.1. The molecule has 62 heavy (non-hydrogen) atoms. The molecule has 5 saturated carbocycles. The van der Waals surface area contributed by atoms with E-state index in [0.29, 0.717) is 65.6 Å². The normalized spacial score (nSPS) is 33.1. The number of aromatic nitrogens is 1. The number of nitrogens with one attached hydrogen (secondary N) is 3. The first-order valence-electron chi connectivity index (χ1n) is 23.3. The number of carbonyl (C=O) groups excluding carboxylic acids is 4. The van der Waals surface area contributed by atoms with E-state index in [-0.39, 0.29) is 57.4 Å². The molecule has 3 aromatic rings. The van der Waals surface area contributed by atoms with Crippen molar-refractivity contribution < 1.29 is 29.0 Å². The number of ether oxygens (including phenoxy) is 1. The van der Waals surface area contributed by atoms with E-state index in [2.05, 4.69) is 55.6 Å². The molecular weight excluding hydrogens is 777 g/mol. The van der Waals surface area contributed by atoms with Crippen molar-refractivity contribution in [3.8, 4) is 0 Å². The molecule has 2 aromatic carbocycles. The van der Waals surface area contributed by atoms with Gasteiger partial charge in [0.15, 0.2) is 0 Å². The average Bonchev–Trinajstić information content (AvgIpc) is 3.72. The zero-order chi connectivity index (χ0) is 44.1. The van der Waals surface area contributed by atoms with E-state index in [1.165, 1.54) is 32.8 Å². The lowest BCUT2D eigenvalue weighted by atomic mass is 9.32. The molecule has 10 heteroatoms. The van der Waals surface area contributed by atoms with Gasteiger partial charge >= 0.3 is 5.97 Å². The number of amides is 3. The van der Waals surface area contributed by atoms with Gasteiger partial charge in [-0.2, -0.15) is 0 Å². The Morgan fingerprint density at radius 3 is 2.24 bits per heavy atom. The van der Waals surface area contributed by atoms with Gasteiger partial charge in [0.25, 0.3) is 11.8 Å². The predicted molar refractivity (Wildman–Crippen MR) is 239 cm³/mol. The van der Waals surface area contributed by atoms with Gasteiger partial charge in [0.2, 0.25) is 5.91 Å². The number of pyridine rings is 1. The molecule has 5 fully saturated rings. The molecule has 8 rings (SSSR count). The maximum atomic E-state index is 14.4. The zero-order valence-corrected chi connectivity index (χ0v) is 37.8. The lowest BCUT2D eigenvalue weighted by Gasteiger charge is -2.72. The lowest BCUT2D eigenvalue weighted by molar-refractivity contribution is -0.244. The summed E-state index contributed by atoms with van der Waals surface area (Å²) in [6, 6.07) is 17.9. The van der Waals surface area contributed by atoms with Crippen LogP contribution in [0.2, 0.25) is 0 Å². The second-order valence-electron chi connectivity index (χ2n) is 21.0. The summed E-state index contributed by atoms with van der Waals surface area (Å²) in [5, 5.41) is 20.3. The number of nitrogens with zero attached hydrogens (tertiary/aromatic N) is 1. The molecule has 8 unspecified atom stereocenters. The summed E-state index contributed by atoms with van der Waals surface area (Å²) >= 11 is 0. The number of esters is 1. The van der Waals surface area contributed by atoms with Crippen molar-refractivity contribution in [3.63, 3.8) is 0 Å². The van der Waals surface area contributed by atoms with Crippen molar-refractivity contribution in [3.05, 3.63) is 100 Å². The molecule has 332 valence electrons. The minimum absolute atomic E-state index is 0.0482. The predicted octanol–water partition coefficient (Wildman–Crippen LogP) is 8.60. The Kier molecular flexibility index (Phi) is 12.0. The molecule has 1 heterocycles. The second-order valence-corrected chi connectivity index (χ2v) is 21.0. The minimum Gasteiger partial charge on any atom is -0.465 e. The largest absolute Gasteiger partial charge is 0.465 e. The molecule has 9 atom stereocenters. The number of methoxy groups -OCH3 is 1. The Hall–Kier alpha value is -4.57. The maximum Gasteiger partial charge on any atom is 0.339 e.